The maximum atomic E-state index is 11.5. The van der Waals surface area contributed by atoms with E-state index in [9.17, 15) is 9.59 Å². The first kappa shape index (κ1) is 8.50. The third kappa shape index (κ3) is 1.11. The number of amides is 2. The van der Waals surface area contributed by atoms with Gasteiger partial charge in [0.05, 0.1) is 5.92 Å². The Hall–Kier alpha value is -1.10. The smallest absolute Gasteiger partial charge is 0.414 e. The summed E-state index contributed by atoms with van der Waals surface area (Å²) in [5, 5.41) is 8.78. The average molecular weight is 184 g/mol. The Balaban J connectivity index is 2.25. The van der Waals surface area contributed by atoms with Crippen molar-refractivity contribution >= 4 is 12.0 Å². The normalized spacial score (nSPS) is 38.1. The summed E-state index contributed by atoms with van der Waals surface area (Å²) in [6, 6.07) is -0.261. The number of nitrogens with zero attached hydrogens (tertiary/aromatic N) is 1. The fourth-order valence-corrected chi connectivity index (χ4v) is 2.30. The Morgan fingerprint density at radius 2 is 2.23 bits per heavy atom. The van der Waals surface area contributed by atoms with E-state index in [0.717, 1.165) is 17.7 Å². The van der Waals surface area contributed by atoms with E-state index in [2.05, 4.69) is 0 Å². The molecule has 0 aromatic carbocycles. The number of nitrogens with two attached hydrogens (primary N) is 1. The third-order valence-electron chi connectivity index (χ3n) is 3.00. The van der Waals surface area contributed by atoms with Crippen molar-refractivity contribution in [2.45, 2.75) is 31.3 Å². The maximum Gasteiger partial charge on any atom is 0.414 e. The molecule has 0 aromatic heterocycles. The highest BCUT2D eigenvalue weighted by Gasteiger charge is 2.48. The monoisotopic (exact) mass is 184 g/mol. The van der Waals surface area contributed by atoms with Gasteiger partial charge in [-0.3, -0.25) is 4.79 Å². The lowest BCUT2D eigenvalue weighted by Crippen LogP contribution is -2.37. The molecule has 2 bridgehead atoms. The Labute approximate surface area is 75.5 Å². The topological polar surface area (TPSA) is 83.6 Å². The first-order valence-electron chi connectivity index (χ1n) is 4.43. The first-order valence-corrected chi connectivity index (χ1v) is 4.43. The molecule has 2 fully saturated rings. The fourth-order valence-electron chi connectivity index (χ4n) is 2.30. The lowest BCUT2D eigenvalue weighted by atomic mass is 9.86. The molecule has 1 aliphatic carbocycles. The van der Waals surface area contributed by atoms with E-state index in [-0.39, 0.29) is 23.9 Å². The molecule has 3 atom stereocenters. The van der Waals surface area contributed by atoms with E-state index >= 15 is 0 Å². The van der Waals surface area contributed by atoms with E-state index in [0.29, 0.717) is 6.42 Å². The van der Waals surface area contributed by atoms with Gasteiger partial charge in [-0.05, 0) is 19.3 Å². The van der Waals surface area contributed by atoms with Crippen LogP contribution >= 0.6 is 0 Å². The lowest BCUT2D eigenvalue weighted by Gasteiger charge is -2.23. The molecule has 5 heteroatoms. The highest BCUT2D eigenvalue weighted by Crippen LogP contribution is 2.35. The van der Waals surface area contributed by atoms with Gasteiger partial charge in [0.1, 0.15) is 0 Å². The standard InChI is InChI=1S/C8H12N2O3/c9-6-2-1-4-3-5(6)7(11)10(4)8(12)13/h4-6H,1-3,9H2,(H,12,13). The Kier molecular flexibility index (Phi) is 1.76. The van der Waals surface area contributed by atoms with Gasteiger partial charge in [0, 0.05) is 12.1 Å². The molecule has 72 valence electrons. The van der Waals surface area contributed by atoms with Crippen molar-refractivity contribution in [2.75, 3.05) is 0 Å². The van der Waals surface area contributed by atoms with Crippen LogP contribution in [0.5, 0.6) is 0 Å². The quantitative estimate of drug-likeness (QED) is 0.555. The fraction of sp³-hybridized carbons (Fsp3) is 0.750. The molecule has 13 heavy (non-hydrogen) atoms. The van der Waals surface area contributed by atoms with Gasteiger partial charge in [-0.2, -0.15) is 0 Å². The van der Waals surface area contributed by atoms with Crippen LogP contribution in [0.4, 0.5) is 4.79 Å². The Bertz CT molecular complexity index is 266. The zero-order valence-electron chi connectivity index (χ0n) is 7.14. The van der Waals surface area contributed by atoms with Gasteiger partial charge in [-0.25, -0.2) is 9.69 Å². The lowest BCUT2D eigenvalue weighted by molar-refractivity contribution is -0.129. The van der Waals surface area contributed by atoms with Gasteiger partial charge in [0.15, 0.2) is 0 Å². The molecule has 5 nitrogen and oxygen atoms in total. The van der Waals surface area contributed by atoms with Crippen LogP contribution in [0.3, 0.4) is 0 Å². The van der Waals surface area contributed by atoms with Crippen molar-refractivity contribution in [2.24, 2.45) is 11.7 Å². The second kappa shape index (κ2) is 2.70. The average Bonchev–Trinajstić information content (AvgIpc) is 2.33. The molecule has 2 rings (SSSR count). The van der Waals surface area contributed by atoms with Gasteiger partial charge in [-0.1, -0.05) is 0 Å². The van der Waals surface area contributed by atoms with Crippen LogP contribution in [0, 0.1) is 5.92 Å². The number of hydrogen-bond donors (Lipinski definition) is 2. The van der Waals surface area contributed by atoms with Crippen molar-refractivity contribution in [3.63, 3.8) is 0 Å². The summed E-state index contributed by atoms with van der Waals surface area (Å²) >= 11 is 0. The Morgan fingerprint density at radius 3 is 2.77 bits per heavy atom. The zero-order chi connectivity index (χ0) is 9.59. The minimum Gasteiger partial charge on any atom is -0.465 e. The number of imide groups is 1. The van der Waals surface area contributed by atoms with Crippen molar-refractivity contribution < 1.29 is 14.7 Å². The van der Waals surface area contributed by atoms with Gasteiger partial charge in [0.25, 0.3) is 0 Å². The first-order chi connectivity index (χ1) is 6.11. The predicted molar refractivity (Wildman–Crippen MR) is 44.0 cm³/mol. The van der Waals surface area contributed by atoms with Crippen LogP contribution in [0.2, 0.25) is 0 Å². The number of rotatable bonds is 0. The Morgan fingerprint density at radius 1 is 1.54 bits per heavy atom. The van der Waals surface area contributed by atoms with Crippen LogP contribution in [-0.2, 0) is 4.79 Å². The summed E-state index contributed by atoms with van der Waals surface area (Å²) in [4.78, 5) is 23.2. The second-order valence-corrected chi connectivity index (χ2v) is 3.73. The van der Waals surface area contributed by atoms with Crippen LogP contribution in [0.1, 0.15) is 19.3 Å². The van der Waals surface area contributed by atoms with E-state index in [1.165, 1.54) is 0 Å². The maximum absolute atomic E-state index is 11.5. The molecule has 0 spiro atoms. The summed E-state index contributed by atoms with van der Waals surface area (Å²) < 4.78 is 0. The molecular weight excluding hydrogens is 172 g/mol. The molecule has 1 saturated heterocycles. The predicted octanol–water partition coefficient (Wildman–Crippen LogP) is 0.00260. The largest absolute Gasteiger partial charge is 0.465 e. The van der Waals surface area contributed by atoms with E-state index < -0.39 is 6.09 Å². The van der Waals surface area contributed by atoms with Gasteiger partial charge in [0.2, 0.25) is 5.91 Å². The van der Waals surface area contributed by atoms with Crippen molar-refractivity contribution in [1.29, 1.82) is 0 Å². The zero-order valence-corrected chi connectivity index (χ0v) is 7.14. The van der Waals surface area contributed by atoms with Crippen molar-refractivity contribution in [3.05, 3.63) is 0 Å². The number of carbonyl (C=O) groups is 2. The molecule has 2 amide bonds. The molecule has 1 heterocycles. The van der Waals surface area contributed by atoms with Gasteiger partial charge in [-0.15, -0.1) is 0 Å². The molecule has 3 N–H and O–H groups in total. The molecule has 0 aromatic rings. The summed E-state index contributed by atoms with van der Waals surface area (Å²) in [6.45, 7) is 0. The minimum absolute atomic E-state index is 0.116. The van der Waals surface area contributed by atoms with Crippen LogP contribution < -0.4 is 5.73 Å². The number of hydrogen-bond acceptors (Lipinski definition) is 3. The highest BCUT2D eigenvalue weighted by molar-refractivity contribution is 5.95. The second-order valence-electron chi connectivity index (χ2n) is 3.73. The number of likely N-dealkylation sites (tertiary alicyclic amines) is 1. The van der Waals surface area contributed by atoms with E-state index in [1.54, 1.807) is 0 Å². The third-order valence-corrected chi connectivity index (χ3v) is 3.00. The number of carbonyl (C=O) groups excluding carboxylic acids is 1. The molecule has 0 radical (unpaired) electrons. The summed E-state index contributed by atoms with van der Waals surface area (Å²) in [7, 11) is 0. The van der Waals surface area contributed by atoms with E-state index in [4.69, 9.17) is 10.8 Å². The van der Waals surface area contributed by atoms with E-state index in [1.807, 2.05) is 0 Å². The summed E-state index contributed by atoms with van der Waals surface area (Å²) in [6.07, 6.45) is 0.957. The minimum atomic E-state index is -1.13. The van der Waals surface area contributed by atoms with Crippen LogP contribution in [-0.4, -0.2) is 34.1 Å². The van der Waals surface area contributed by atoms with Crippen LogP contribution in [0.15, 0.2) is 0 Å². The molecule has 1 saturated carbocycles. The summed E-state index contributed by atoms with van der Waals surface area (Å²) in [5.41, 5.74) is 5.73. The number of fused-ring (bicyclic) bond motifs is 2. The highest BCUT2D eigenvalue weighted by atomic mass is 16.4. The van der Waals surface area contributed by atoms with Crippen molar-refractivity contribution in [1.82, 2.24) is 4.90 Å². The SMILES string of the molecule is NC1CCC2CC1C(=O)N2C(=O)O. The van der Waals surface area contributed by atoms with Crippen molar-refractivity contribution in [3.8, 4) is 0 Å². The van der Waals surface area contributed by atoms with Gasteiger partial charge >= 0.3 is 6.09 Å². The molecule has 2 aliphatic rings. The molecule has 1 aliphatic heterocycles. The summed E-state index contributed by atoms with van der Waals surface area (Å²) in [5.74, 6) is -0.558. The number of carboxylic acid groups (broad SMARTS) is 1. The van der Waals surface area contributed by atoms with Gasteiger partial charge < -0.3 is 10.8 Å². The molecule has 3 unspecified atom stereocenters. The van der Waals surface area contributed by atoms with Crippen LogP contribution in [0.25, 0.3) is 0 Å². The molecular formula is C8H12N2O3.